The summed E-state index contributed by atoms with van der Waals surface area (Å²) in [4.78, 5) is 15.2. The third kappa shape index (κ3) is 6.00. The van der Waals surface area contributed by atoms with Crippen LogP contribution in [-0.2, 0) is 0 Å². The fourth-order valence-corrected chi connectivity index (χ4v) is 3.98. The molecule has 30 heavy (non-hydrogen) atoms. The van der Waals surface area contributed by atoms with E-state index in [1.165, 1.54) is 0 Å². The molecule has 1 amide bonds. The van der Waals surface area contributed by atoms with Crippen molar-refractivity contribution in [2.75, 3.05) is 60.1 Å². The number of ether oxygens (including phenoxy) is 3. The fraction of sp³-hybridized carbons (Fsp3) is 0.682. The highest BCUT2D eigenvalue weighted by Gasteiger charge is 2.29. The summed E-state index contributed by atoms with van der Waals surface area (Å²) in [7, 11) is 3.52. The number of nitrogens with one attached hydrogen (secondary N) is 2. The molecule has 0 radical (unpaired) electrons. The molecule has 0 saturated carbocycles. The highest BCUT2D eigenvalue weighted by molar-refractivity contribution is 5.98. The van der Waals surface area contributed by atoms with E-state index in [9.17, 15) is 9.90 Å². The van der Waals surface area contributed by atoms with Gasteiger partial charge in [0.1, 0.15) is 5.75 Å². The summed E-state index contributed by atoms with van der Waals surface area (Å²) in [6.45, 7) is 5.11. The Morgan fingerprint density at radius 2 is 2.13 bits per heavy atom. The van der Waals surface area contributed by atoms with Gasteiger partial charge in [-0.1, -0.05) is 0 Å². The number of carbonyl (C=O) groups excluding carboxylic acids is 1. The lowest BCUT2D eigenvalue weighted by molar-refractivity contribution is 0.0216. The zero-order valence-corrected chi connectivity index (χ0v) is 18.1. The number of carbonyl (C=O) groups is 1. The summed E-state index contributed by atoms with van der Waals surface area (Å²) in [5, 5.41) is 16.7. The van der Waals surface area contributed by atoms with Crippen LogP contribution in [0.2, 0.25) is 0 Å². The standard InChI is InChI=1S/C22H35N3O5/c1-23-7-3-4-8-25-9-6-16(19(26)15-25)14-24-22(27)18-12-17(28-2)13-20-21(18)30-11-5-10-29-20/h12-13,16,19,23,26H,3-11,14-15H2,1-2H3,(H,24,27)/t16-,19+/m0/s1. The Bertz CT molecular complexity index is 700. The van der Waals surface area contributed by atoms with Gasteiger partial charge in [-0.2, -0.15) is 0 Å². The number of benzene rings is 1. The van der Waals surface area contributed by atoms with E-state index in [4.69, 9.17) is 14.2 Å². The van der Waals surface area contributed by atoms with Gasteiger partial charge in [-0.15, -0.1) is 0 Å². The van der Waals surface area contributed by atoms with E-state index in [1.54, 1.807) is 19.2 Å². The van der Waals surface area contributed by atoms with Crippen molar-refractivity contribution in [1.82, 2.24) is 15.5 Å². The molecule has 0 spiro atoms. The smallest absolute Gasteiger partial charge is 0.255 e. The van der Waals surface area contributed by atoms with Crippen molar-refractivity contribution in [3.63, 3.8) is 0 Å². The number of β-amino-alcohol motifs (C(OH)–C–C–N with tert-alkyl or cyclic N) is 1. The minimum atomic E-state index is -0.439. The first-order chi connectivity index (χ1) is 14.6. The average molecular weight is 422 g/mol. The molecule has 1 aromatic carbocycles. The number of hydrogen-bond donors (Lipinski definition) is 3. The highest BCUT2D eigenvalue weighted by Crippen LogP contribution is 2.37. The molecule has 8 heteroatoms. The second-order valence-corrected chi connectivity index (χ2v) is 7.99. The number of aliphatic hydroxyl groups is 1. The lowest BCUT2D eigenvalue weighted by Crippen LogP contribution is -2.47. The molecule has 2 aliphatic rings. The van der Waals surface area contributed by atoms with E-state index >= 15 is 0 Å². The molecule has 1 fully saturated rings. The number of hydrogen-bond acceptors (Lipinski definition) is 7. The molecule has 0 aliphatic carbocycles. The molecule has 1 saturated heterocycles. The van der Waals surface area contributed by atoms with E-state index in [-0.39, 0.29) is 11.8 Å². The van der Waals surface area contributed by atoms with Crippen LogP contribution in [0.1, 0.15) is 36.0 Å². The second-order valence-electron chi connectivity index (χ2n) is 7.99. The van der Waals surface area contributed by atoms with Crippen molar-refractivity contribution in [3.8, 4) is 17.2 Å². The van der Waals surface area contributed by atoms with Crippen LogP contribution in [0.5, 0.6) is 17.2 Å². The van der Waals surface area contributed by atoms with Crippen molar-refractivity contribution in [2.45, 2.75) is 31.8 Å². The van der Waals surface area contributed by atoms with Gasteiger partial charge in [0.2, 0.25) is 0 Å². The van der Waals surface area contributed by atoms with Crippen molar-refractivity contribution >= 4 is 5.91 Å². The van der Waals surface area contributed by atoms with Crippen LogP contribution in [0.25, 0.3) is 0 Å². The molecule has 0 bridgehead atoms. The maximum Gasteiger partial charge on any atom is 0.255 e. The number of nitrogens with zero attached hydrogens (tertiary/aromatic N) is 1. The Labute approximate surface area is 178 Å². The molecular weight excluding hydrogens is 386 g/mol. The maximum atomic E-state index is 12.9. The first-order valence-corrected chi connectivity index (χ1v) is 10.9. The van der Waals surface area contributed by atoms with E-state index in [0.29, 0.717) is 49.1 Å². The van der Waals surface area contributed by atoms with E-state index in [2.05, 4.69) is 15.5 Å². The average Bonchev–Trinajstić information content (AvgIpc) is 3.00. The molecule has 3 N–H and O–H groups in total. The molecule has 3 rings (SSSR count). The number of fused-ring (bicyclic) bond motifs is 1. The minimum absolute atomic E-state index is 0.0453. The summed E-state index contributed by atoms with van der Waals surface area (Å²) in [5.41, 5.74) is 0.405. The SMILES string of the molecule is CNCCCCN1CC[C@@H](CNC(=O)c2cc(OC)cc3c2OCCCO3)[C@H](O)C1. The molecule has 0 aromatic heterocycles. The first-order valence-electron chi connectivity index (χ1n) is 10.9. The Kier molecular flexibility index (Phi) is 8.60. The van der Waals surface area contributed by atoms with Crippen LogP contribution in [0.15, 0.2) is 12.1 Å². The summed E-state index contributed by atoms with van der Waals surface area (Å²) < 4.78 is 16.8. The van der Waals surface area contributed by atoms with Gasteiger partial charge in [-0.3, -0.25) is 4.79 Å². The van der Waals surface area contributed by atoms with Crippen molar-refractivity contribution in [1.29, 1.82) is 0 Å². The number of unbranched alkanes of at least 4 members (excludes halogenated alkanes) is 1. The number of likely N-dealkylation sites (tertiary alicyclic amines) is 1. The number of aliphatic hydroxyl groups excluding tert-OH is 1. The van der Waals surface area contributed by atoms with Crippen LogP contribution in [-0.4, -0.2) is 82.1 Å². The van der Waals surface area contributed by atoms with Crippen LogP contribution >= 0.6 is 0 Å². The van der Waals surface area contributed by atoms with E-state index < -0.39 is 6.10 Å². The normalized spacial score (nSPS) is 21.7. The van der Waals surface area contributed by atoms with E-state index in [1.807, 2.05) is 7.05 Å². The van der Waals surface area contributed by atoms with E-state index in [0.717, 1.165) is 45.3 Å². The molecule has 8 nitrogen and oxygen atoms in total. The molecule has 0 unspecified atom stereocenters. The Morgan fingerprint density at radius 3 is 2.90 bits per heavy atom. The molecule has 2 aliphatic heterocycles. The van der Waals surface area contributed by atoms with Gasteiger partial charge in [0.05, 0.1) is 32.0 Å². The zero-order chi connectivity index (χ0) is 21.3. The van der Waals surface area contributed by atoms with Gasteiger partial charge in [0.15, 0.2) is 11.5 Å². The predicted molar refractivity (Wildman–Crippen MR) is 115 cm³/mol. The van der Waals surface area contributed by atoms with Gasteiger partial charge in [-0.25, -0.2) is 0 Å². The molecule has 2 heterocycles. The van der Waals surface area contributed by atoms with Gasteiger partial charge in [-0.05, 0) is 52.0 Å². The topological polar surface area (TPSA) is 92.3 Å². The van der Waals surface area contributed by atoms with Crippen LogP contribution < -0.4 is 24.8 Å². The van der Waals surface area contributed by atoms with Gasteiger partial charge in [0, 0.05) is 31.5 Å². The molecule has 1 aromatic rings. The van der Waals surface area contributed by atoms with Crippen molar-refractivity contribution < 1.29 is 24.1 Å². The van der Waals surface area contributed by atoms with Gasteiger partial charge in [0.25, 0.3) is 5.91 Å². The Balaban J connectivity index is 1.55. The first kappa shape index (κ1) is 22.7. The van der Waals surface area contributed by atoms with Crippen LogP contribution in [0.4, 0.5) is 0 Å². The monoisotopic (exact) mass is 421 g/mol. The predicted octanol–water partition coefficient (Wildman–Crippen LogP) is 1.27. The highest BCUT2D eigenvalue weighted by atomic mass is 16.5. The summed E-state index contributed by atoms with van der Waals surface area (Å²) in [5.74, 6) is 1.35. The van der Waals surface area contributed by atoms with Crippen molar-refractivity contribution in [2.24, 2.45) is 5.92 Å². The zero-order valence-electron chi connectivity index (χ0n) is 18.1. The van der Waals surface area contributed by atoms with Gasteiger partial charge < -0.3 is 34.9 Å². The second kappa shape index (κ2) is 11.4. The lowest BCUT2D eigenvalue weighted by atomic mass is 9.93. The number of amides is 1. The third-order valence-corrected chi connectivity index (χ3v) is 5.78. The lowest BCUT2D eigenvalue weighted by Gasteiger charge is -2.36. The molecule has 2 atom stereocenters. The maximum absolute atomic E-state index is 12.9. The largest absolute Gasteiger partial charge is 0.497 e. The number of methoxy groups -OCH3 is 1. The number of rotatable bonds is 9. The molecule has 168 valence electrons. The van der Waals surface area contributed by atoms with Crippen LogP contribution in [0.3, 0.4) is 0 Å². The van der Waals surface area contributed by atoms with Crippen LogP contribution in [0, 0.1) is 5.92 Å². The quantitative estimate of drug-likeness (QED) is 0.517. The Hall–Kier alpha value is -2.03. The summed E-state index contributed by atoms with van der Waals surface area (Å²) >= 11 is 0. The third-order valence-electron chi connectivity index (χ3n) is 5.78. The number of piperidine rings is 1. The molecular formula is C22H35N3O5. The fourth-order valence-electron chi connectivity index (χ4n) is 3.98. The summed E-state index contributed by atoms with van der Waals surface area (Å²) in [6, 6.07) is 3.42. The Morgan fingerprint density at radius 1 is 1.30 bits per heavy atom. The van der Waals surface area contributed by atoms with Gasteiger partial charge >= 0.3 is 0 Å². The minimum Gasteiger partial charge on any atom is -0.497 e. The van der Waals surface area contributed by atoms with Crippen molar-refractivity contribution in [3.05, 3.63) is 17.7 Å². The summed E-state index contributed by atoms with van der Waals surface area (Å²) in [6.07, 6.45) is 3.45.